The normalized spacial score (nSPS) is 11.0. The van der Waals surface area contributed by atoms with Gasteiger partial charge in [-0.15, -0.1) is 11.3 Å². The highest BCUT2D eigenvalue weighted by Crippen LogP contribution is 2.35. The maximum absolute atomic E-state index is 5.99. The maximum atomic E-state index is 5.99. The van der Waals surface area contributed by atoms with Crippen LogP contribution < -0.4 is 5.73 Å². The van der Waals surface area contributed by atoms with Gasteiger partial charge in [0.25, 0.3) is 0 Å². The summed E-state index contributed by atoms with van der Waals surface area (Å²) in [4.78, 5) is 4.54. The van der Waals surface area contributed by atoms with Crippen molar-refractivity contribution in [3.63, 3.8) is 0 Å². The Morgan fingerprint density at radius 3 is 2.56 bits per heavy atom. The molecule has 2 nitrogen and oxygen atoms in total. The predicted octanol–water partition coefficient (Wildman–Crippen LogP) is 4.85. The Bertz CT molecular complexity index is 737. The largest absolute Gasteiger partial charge is 0.398 e. The fraction of sp³-hybridized carbons (Fsp3) is 0. The van der Waals surface area contributed by atoms with Gasteiger partial charge in [0.2, 0.25) is 0 Å². The van der Waals surface area contributed by atoms with Crippen LogP contribution >= 0.6 is 34.5 Å². The summed E-state index contributed by atoms with van der Waals surface area (Å²) in [5.41, 5.74) is 8.36. The van der Waals surface area contributed by atoms with Crippen molar-refractivity contribution in [2.75, 3.05) is 5.73 Å². The summed E-state index contributed by atoms with van der Waals surface area (Å²) < 4.78 is 1.08. The minimum Gasteiger partial charge on any atom is -0.398 e. The van der Waals surface area contributed by atoms with Crippen LogP contribution in [0.15, 0.2) is 36.4 Å². The molecular formula is C13H8Cl2N2S. The number of benzene rings is 2. The lowest BCUT2D eigenvalue weighted by Crippen LogP contribution is -1.88. The first-order valence-corrected chi connectivity index (χ1v) is 6.82. The molecule has 3 aromatic rings. The van der Waals surface area contributed by atoms with Crippen molar-refractivity contribution in [2.45, 2.75) is 0 Å². The Morgan fingerprint density at radius 1 is 1.00 bits per heavy atom. The van der Waals surface area contributed by atoms with Crippen molar-refractivity contribution >= 4 is 50.4 Å². The molecule has 1 aromatic heterocycles. The fourth-order valence-electron chi connectivity index (χ4n) is 1.73. The Hall–Kier alpha value is -1.29. The molecule has 0 saturated carbocycles. The Kier molecular flexibility index (Phi) is 2.90. The van der Waals surface area contributed by atoms with Crippen LogP contribution in [0.25, 0.3) is 20.8 Å². The number of nitrogens with zero attached hydrogens (tertiary/aromatic N) is 1. The first-order chi connectivity index (χ1) is 8.63. The number of thiazole rings is 1. The van der Waals surface area contributed by atoms with Crippen molar-refractivity contribution in [2.24, 2.45) is 0 Å². The molecule has 0 amide bonds. The van der Waals surface area contributed by atoms with Crippen LogP contribution in [0.4, 0.5) is 5.69 Å². The van der Waals surface area contributed by atoms with E-state index < -0.39 is 0 Å². The number of hydrogen-bond donors (Lipinski definition) is 1. The molecule has 0 atom stereocenters. The van der Waals surface area contributed by atoms with Gasteiger partial charge in [0.15, 0.2) is 0 Å². The van der Waals surface area contributed by atoms with Crippen molar-refractivity contribution in [1.29, 1.82) is 0 Å². The minimum atomic E-state index is 0.650. The molecule has 5 heteroatoms. The van der Waals surface area contributed by atoms with E-state index in [1.54, 1.807) is 23.5 Å². The highest BCUT2D eigenvalue weighted by Gasteiger charge is 2.10. The van der Waals surface area contributed by atoms with E-state index >= 15 is 0 Å². The molecular weight excluding hydrogens is 287 g/mol. The van der Waals surface area contributed by atoms with E-state index in [1.807, 2.05) is 24.3 Å². The lowest BCUT2D eigenvalue weighted by molar-refractivity contribution is 1.48. The van der Waals surface area contributed by atoms with E-state index in [9.17, 15) is 0 Å². The van der Waals surface area contributed by atoms with E-state index in [1.165, 1.54) is 0 Å². The summed E-state index contributed by atoms with van der Waals surface area (Å²) in [7, 11) is 0. The third kappa shape index (κ3) is 2.05. The summed E-state index contributed by atoms with van der Waals surface area (Å²) >= 11 is 13.5. The van der Waals surface area contributed by atoms with Crippen LogP contribution in [0.5, 0.6) is 0 Å². The quantitative estimate of drug-likeness (QED) is 0.652. The molecule has 1 heterocycles. The number of fused-ring (bicyclic) bond motifs is 1. The monoisotopic (exact) mass is 294 g/mol. The van der Waals surface area contributed by atoms with Gasteiger partial charge in [-0.25, -0.2) is 4.98 Å². The maximum Gasteiger partial charge on any atom is 0.126 e. The van der Waals surface area contributed by atoms with Crippen LogP contribution in [-0.4, -0.2) is 4.98 Å². The standard InChI is InChI=1S/C13H8Cl2N2S/c14-7-1-3-10(16)9(5-7)13-17-11-6-8(15)2-4-12(11)18-13/h1-6H,16H2. The first kappa shape index (κ1) is 11.8. The highest BCUT2D eigenvalue weighted by atomic mass is 35.5. The van der Waals surface area contributed by atoms with E-state index in [0.29, 0.717) is 15.7 Å². The summed E-state index contributed by atoms with van der Waals surface area (Å²) in [5, 5.41) is 2.18. The van der Waals surface area contributed by atoms with Crippen LogP contribution in [0.1, 0.15) is 0 Å². The van der Waals surface area contributed by atoms with Crippen LogP contribution in [-0.2, 0) is 0 Å². The van der Waals surface area contributed by atoms with E-state index in [-0.39, 0.29) is 0 Å². The van der Waals surface area contributed by atoms with E-state index in [0.717, 1.165) is 20.8 Å². The number of nitrogen functional groups attached to an aromatic ring is 1. The molecule has 2 N–H and O–H groups in total. The van der Waals surface area contributed by atoms with Gasteiger partial charge < -0.3 is 5.73 Å². The minimum absolute atomic E-state index is 0.650. The highest BCUT2D eigenvalue weighted by molar-refractivity contribution is 7.21. The molecule has 0 spiro atoms. The number of hydrogen-bond acceptors (Lipinski definition) is 3. The van der Waals surface area contributed by atoms with Gasteiger partial charge in [0, 0.05) is 21.3 Å². The Labute approximate surface area is 118 Å². The van der Waals surface area contributed by atoms with Crippen LogP contribution in [0.2, 0.25) is 10.0 Å². The second-order valence-corrected chi connectivity index (χ2v) is 5.77. The van der Waals surface area contributed by atoms with Gasteiger partial charge >= 0.3 is 0 Å². The van der Waals surface area contributed by atoms with Gasteiger partial charge in [-0.3, -0.25) is 0 Å². The van der Waals surface area contributed by atoms with Gasteiger partial charge in [-0.2, -0.15) is 0 Å². The molecule has 0 aliphatic heterocycles. The predicted molar refractivity (Wildman–Crippen MR) is 79.5 cm³/mol. The average molecular weight is 295 g/mol. The summed E-state index contributed by atoms with van der Waals surface area (Å²) in [6.07, 6.45) is 0. The van der Waals surface area contributed by atoms with Crippen molar-refractivity contribution < 1.29 is 0 Å². The molecule has 18 heavy (non-hydrogen) atoms. The number of nitrogens with two attached hydrogens (primary N) is 1. The topological polar surface area (TPSA) is 38.9 Å². The zero-order chi connectivity index (χ0) is 12.7. The number of aromatic nitrogens is 1. The first-order valence-electron chi connectivity index (χ1n) is 5.25. The number of anilines is 1. The van der Waals surface area contributed by atoms with Gasteiger partial charge in [0.1, 0.15) is 5.01 Å². The molecule has 0 fully saturated rings. The summed E-state index contributed by atoms with van der Waals surface area (Å²) in [6, 6.07) is 11.0. The second-order valence-electron chi connectivity index (χ2n) is 3.86. The van der Waals surface area contributed by atoms with Crippen molar-refractivity contribution in [3.8, 4) is 10.6 Å². The molecule has 0 aliphatic carbocycles. The molecule has 3 rings (SSSR count). The molecule has 0 bridgehead atoms. The Morgan fingerprint density at radius 2 is 1.72 bits per heavy atom. The molecule has 90 valence electrons. The van der Waals surface area contributed by atoms with Gasteiger partial charge in [-0.05, 0) is 36.4 Å². The van der Waals surface area contributed by atoms with Crippen molar-refractivity contribution in [3.05, 3.63) is 46.4 Å². The fourth-order valence-corrected chi connectivity index (χ4v) is 3.05. The lowest BCUT2D eigenvalue weighted by atomic mass is 10.2. The van der Waals surface area contributed by atoms with E-state index in [4.69, 9.17) is 28.9 Å². The van der Waals surface area contributed by atoms with Crippen molar-refractivity contribution in [1.82, 2.24) is 4.98 Å². The number of halogens is 2. The molecule has 0 aliphatic rings. The van der Waals surface area contributed by atoms with E-state index in [2.05, 4.69) is 4.98 Å². The molecule has 0 unspecified atom stereocenters. The van der Waals surface area contributed by atoms with Crippen LogP contribution in [0.3, 0.4) is 0 Å². The van der Waals surface area contributed by atoms with Gasteiger partial charge in [-0.1, -0.05) is 23.2 Å². The summed E-state index contributed by atoms with van der Waals surface area (Å²) in [5.74, 6) is 0. The Balaban J connectivity index is 2.22. The number of rotatable bonds is 1. The third-order valence-electron chi connectivity index (χ3n) is 2.60. The summed E-state index contributed by atoms with van der Waals surface area (Å²) in [6.45, 7) is 0. The molecule has 2 aromatic carbocycles. The van der Waals surface area contributed by atoms with Gasteiger partial charge in [0.05, 0.1) is 10.2 Å². The smallest absolute Gasteiger partial charge is 0.126 e. The lowest BCUT2D eigenvalue weighted by Gasteiger charge is -2.01. The third-order valence-corrected chi connectivity index (χ3v) is 4.14. The zero-order valence-corrected chi connectivity index (χ0v) is 11.5. The average Bonchev–Trinajstić information content (AvgIpc) is 2.74. The molecule has 0 saturated heterocycles. The zero-order valence-electron chi connectivity index (χ0n) is 9.15. The molecule has 0 radical (unpaired) electrons. The second kappa shape index (κ2) is 4.43. The van der Waals surface area contributed by atoms with Crippen LogP contribution in [0, 0.1) is 0 Å². The SMILES string of the molecule is Nc1ccc(Cl)cc1-c1nc2cc(Cl)ccc2s1.